The number of carbonyl (C=O) groups is 1. The van der Waals surface area contributed by atoms with Crippen molar-refractivity contribution in [1.82, 2.24) is 9.55 Å². The summed E-state index contributed by atoms with van der Waals surface area (Å²) in [6.07, 6.45) is -1.54. The minimum absolute atomic E-state index is 0.248. The van der Waals surface area contributed by atoms with Crippen molar-refractivity contribution in [2.24, 2.45) is 0 Å². The van der Waals surface area contributed by atoms with E-state index in [2.05, 4.69) is 4.98 Å². The molecule has 0 unspecified atom stereocenters. The molecule has 1 heterocycles. The summed E-state index contributed by atoms with van der Waals surface area (Å²) in [4.78, 5) is 14.7. The van der Waals surface area contributed by atoms with Crippen LogP contribution in [0.5, 0.6) is 5.88 Å². The van der Waals surface area contributed by atoms with Gasteiger partial charge in [-0.25, -0.2) is 4.98 Å². The number of alkyl halides is 3. The third-order valence-electron chi connectivity index (χ3n) is 2.56. The third-order valence-corrected chi connectivity index (χ3v) is 2.56. The van der Waals surface area contributed by atoms with Gasteiger partial charge in [0.25, 0.3) is 0 Å². The molecule has 2 aromatic rings. The lowest BCUT2D eigenvalue weighted by Crippen LogP contribution is -2.08. The van der Waals surface area contributed by atoms with Crippen LogP contribution >= 0.6 is 0 Å². The van der Waals surface area contributed by atoms with Crippen molar-refractivity contribution in [2.45, 2.75) is 19.6 Å². The summed E-state index contributed by atoms with van der Waals surface area (Å²) in [7, 11) is 0. The number of hydrogen-bond donors (Lipinski definition) is 0. The lowest BCUT2D eigenvalue weighted by Gasteiger charge is -2.09. The molecule has 0 aliphatic carbocycles. The van der Waals surface area contributed by atoms with E-state index in [-0.39, 0.29) is 12.4 Å². The molecule has 0 radical (unpaired) electrons. The maximum absolute atomic E-state index is 12.4. The number of hydrogen-bond acceptors (Lipinski definition) is 3. The Morgan fingerprint density at radius 3 is 2.50 bits per heavy atom. The minimum atomic E-state index is -4.35. The lowest BCUT2D eigenvalue weighted by atomic mass is 10.1. The Bertz CT molecular complexity index is 603. The van der Waals surface area contributed by atoms with Gasteiger partial charge in [-0.15, -0.1) is 0 Å². The first kappa shape index (κ1) is 14.1. The molecule has 0 fully saturated rings. The zero-order valence-electron chi connectivity index (χ0n) is 10.5. The number of imidazole rings is 1. The van der Waals surface area contributed by atoms with E-state index < -0.39 is 17.7 Å². The highest BCUT2D eigenvalue weighted by Crippen LogP contribution is 2.29. The second-order valence-electron chi connectivity index (χ2n) is 4.15. The minimum Gasteiger partial charge on any atom is -0.408 e. The van der Waals surface area contributed by atoms with Gasteiger partial charge in [0.1, 0.15) is 0 Å². The highest BCUT2D eigenvalue weighted by molar-refractivity contribution is 5.68. The van der Waals surface area contributed by atoms with Crippen LogP contribution in [0.3, 0.4) is 0 Å². The second-order valence-corrected chi connectivity index (χ2v) is 4.15. The van der Waals surface area contributed by atoms with Crippen LogP contribution < -0.4 is 4.74 Å². The van der Waals surface area contributed by atoms with Crippen molar-refractivity contribution in [1.29, 1.82) is 0 Å². The van der Waals surface area contributed by atoms with Gasteiger partial charge in [0.2, 0.25) is 5.88 Å². The summed E-state index contributed by atoms with van der Waals surface area (Å²) in [5, 5.41) is 0. The Kier molecular flexibility index (Phi) is 3.78. The van der Waals surface area contributed by atoms with Gasteiger partial charge in [0.15, 0.2) is 0 Å². The average Bonchev–Trinajstić information content (AvgIpc) is 2.75. The molecule has 1 aromatic heterocycles. The fraction of sp³-hybridized carbons (Fsp3) is 0.231. The molecule has 0 amide bonds. The highest BCUT2D eigenvalue weighted by Gasteiger charge is 2.29. The molecule has 0 bridgehead atoms. The van der Waals surface area contributed by atoms with Crippen LogP contribution in [-0.4, -0.2) is 15.5 Å². The zero-order chi connectivity index (χ0) is 14.8. The number of benzene rings is 1. The second kappa shape index (κ2) is 5.36. The average molecular weight is 284 g/mol. The maximum Gasteiger partial charge on any atom is 0.416 e. The Balaban J connectivity index is 2.15. The summed E-state index contributed by atoms with van der Waals surface area (Å²) in [6.45, 7) is 1.52. The van der Waals surface area contributed by atoms with Gasteiger partial charge >= 0.3 is 12.1 Å². The van der Waals surface area contributed by atoms with Crippen LogP contribution in [0.4, 0.5) is 13.2 Å². The van der Waals surface area contributed by atoms with Gasteiger partial charge < -0.3 is 4.74 Å². The molecule has 0 spiro atoms. The van der Waals surface area contributed by atoms with Crippen LogP contribution in [-0.2, 0) is 17.5 Å². The van der Waals surface area contributed by atoms with Crippen LogP contribution in [0.25, 0.3) is 0 Å². The van der Waals surface area contributed by atoms with Gasteiger partial charge in [-0.3, -0.25) is 9.36 Å². The first-order valence-corrected chi connectivity index (χ1v) is 5.71. The molecule has 1 aromatic carbocycles. The summed E-state index contributed by atoms with van der Waals surface area (Å²) >= 11 is 0. The van der Waals surface area contributed by atoms with E-state index in [9.17, 15) is 18.0 Å². The van der Waals surface area contributed by atoms with Crippen molar-refractivity contribution < 1.29 is 22.7 Å². The molecule has 0 aliphatic rings. The van der Waals surface area contributed by atoms with Gasteiger partial charge in [-0.05, 0) is 17.7 Å². The highest BCUT2D eigenvalue weighted by atomic mass is 19.4. The zero-order valence-corrected chi connectivity index (χ0v) is 10.5. The van der Waals surface area contributed by atoms with E-state index in [1.165, 1.54) is 36.1 Å². The van der Waals surface area contributed by atoms with E-state index in [0.29, 0.717) is 5.56 Å². The topological polar surface area (TPSA) is 44.1 Å². The maximum atomic E-state index is 12.4. The molecule has 20 heavy (non-hydrogen) atoms. The molecule has 0 N–H and O–H groups in total. The van der Waals surface area contributed by atoms with Crippen LogP contribution in [0, 0.1) is 0 Å². The molecule has 106 valence electrons. The number of carbonyl (C=O) groups excluding carboxylic acids is 1. The Morgan fingerprint density at radius 1 is 1.30 bits per heavy atom. The van der Waals surface area contributed by atoms with E-state index in [4.69, 9.17) is 4.74 Å². The Labute approximate surface area is 112 Å². The number of rotatable bonds is 3. The van der Waals surface area contributed by atoms with E-state index in [1.807, 2.05) is 0 Å². The fourth-order valence-electron chi connectivity index (χ4n) is 1.66. The van der Waals surface area contributed by atoms with Gasteiger partial charge in [-0.2, -0.15) is 13.2 Å². The largest absolute Gasteiger partial charge is 0.416 e. The molecular formula is C13H11F3N2O2. The predicted octanol–water partition coefficient (Wildman–Crippen LogP) is 2.88. The third kappa shape index (κ3) is 3.37. The normalized spacial score (nSPS) is 11.4. The molecule has 0 saturated carbocycles. The molecule has 2 rings (SSSR count). The quantitative estimate of drug-likeness (QED) is 0.814. The van der Waals surface area contributed by atoms with Crippen molar-refractivity contribution in [2.75, 3.05) is 0 Å². The van der Waals surface area contributed by atoms with Crippen LogP contribution in [0.2, 0.25) is 0 Å². The van der Waals surface area contributed by atoms with Crippen molar-refractivity contribution >= 4 is 5.97 Å². The molecule has 0 aliphatic heterocycles. The summed E-state index contributed by atoms with van der Waals surface area (Å²) in [5.74, 6) is -0.239. The van der Waals surface area contributed by atoms with Crippen molar-refractivity contribution in [3.8, 4) is 5.88 Å². The Hall–Kier alpha value is -2.31. The van der Waals surface area contributed by atoms with E-state index in [0.717, 1.165) is 12.1 Å². The van der Waals surface area contributed by atoms with Crippen LogP contribution in [0.15, 0.2) is 36.8 Å². The smallest absolute Gasteiger partial charge is 0.408 e. The predicted molar refractivity (Wildman–Crippen MR) is 64.1 cm³/mol. The number of halogens is 3. The lowest BCUT2D eigenvalue weighted by molar-refractivity contribution is -0.137. The molecular weight excluding hydrogens is 273 g/mol. The summed E-state index contributed by atoms with van der Waals surface area (Å²) < 4.78 is 43.7. The van der Waals surface area contributed by atoms with E-state index >= 15 is 0 Å². The van der Waals surface area contributed by atoms with Gasteiger partial charge in [0, 0.05) is 6.92 Å². The summed E-state index contributed by atoms with van der Waals surface area (Å²) in [5.41, 5.74) is -0.0588. The first-order chi connectivity index (χ1) is 9.36. The van der Waals surface area contributed by atoms with Crippen molar-refractivity contribution in [3.05, 3.63) is 47.9 Å². The monoisotopic (exact) mass is 284 g/mol. The molecule has 0 atom stereocenters. The molecule has 7 heteroatoms. The molecule has 4 nitrogen and oxygen atoms in total. The van der Waals surface area contributed by atoms with Crippen molar-refractivity contribution in [3.63, 3.8) is 0 Å². The number of ether oxygens (including phenoxy) is 1. The first-order valence-electron chi connectivity index (χ1n) is 5.71. The standard InChI is InChI=1S/C13H11F3N2O2/c1-9(19)20-12-6-17-8-18(12)7-10-2-4-11(5-3-10)13(14,15)16/h2-6,8H,7H2,1H3. The van der Waals surface area contributed by atoms with E-state index in [1.54, 1.807) is 0 Å². The number of aromatic nitrogens is 2. The molecule has 0 saturated heterocycles. The number of esters is 1. The summed E-state index contributed by atoms with van der Waals surface area (Å²) in [6, 6.07) is 4.77. The SMILES string of the molecule is CC(=O)Oc1cncn1Cc1ccc(C(F)(F)F)cc1. The number of nitrogens with zero attached hydrogens (tertiary/aromatic N) is 2. The Morgan fingerprint density at radius 2 is 1.95 bits per heavy atom. The van der Waals surface area contributed by atoms with Gasteiger partial charge in [0.05, 0.1) is 24.6 Å². The van der Waals surface area contributed by atoms with Gasteiger partial charge in [-0.1, -0.05) is 12.1 Å². The van der Waals surface area contributed by atoms with Crippen LogP contribution in [0.1, 0.15) is 18.1 Å². The fourth-order valence-corrected chi connectivity index (χ4v) is 1.66.